The Hall–Kier alpha value is -2.70. The summed E-state index contributed by atoms with van der Waals surface area (Å²) in [7, 11) is 1.98. The summed E-state index contributed by atoms with van der Waals surface area (Å²) >= 11 is 7.54. The largest absolute Gasteiger partial charge is 0.380 e. The van der Waals surface area contributed by atoms with E-state index in [0.717, 1.165) is 0 Å². The molecule has 0 aliphatic carbocycles. The zero-order valence-electron chi connectivity index (χ0n) is 18.1. The molecular formula is C28H19NS4. The van der Waals surface area contributed by atoms with E-state index in [1.807, 2.05) is 41.1 Å². The molecule has 0 fully saturated rings. The Morgan fingerprint density at radius 3 is 1.61 bits per heavy atom. The Kier molecular flexibility index (Phi) is 4.43. The highest BCUT2D eigenvalue weighted by atomic mass is 32.1. The molecule has 0 amide bonds. The molecule has 0 aliphatic rings. The van der Waals surface area contributed by atoms with Crippen molar-refractivity contribution in [1.82, 2.24) is 0 Å². The van der Waals surface area contributed by atoms with Crippen molar-refractivity contribution in [2.24, 2.45) is 0 Å². The summed E-state index contributed by atoms with van der Waals surface area (Å²) in [5.74, 6) is 0. The van der Waals surface area contributed by atoms with Gasteiger partial charge < -0.3 is 5.32 Å². The fourth-order valence-electron chi connectivity index (χ4n) is 4.59. The van der Waals surface area contributed by atoms with Crippen LogP contribution in [0.4, 0.5) is 5.00 Å². The summed E-state index contributed by atoms with van der Waals surface area (Å²) in [6, 6.07) is 27.4. The summed E-state index contributed by atoms with van der Waals surface area (Å²) in [4.78, 5) is 4.01. The molecule has 1 nitrogen and oxygen atoms in total. The molecule has 0 saturated heterocycles. The van der Waals surface area contributed by atoms with Crippen LogP contribution in [0, 0.1) is 6.92 Å². The van der Waals surface area contributed by atoms with Crippen LogP contribution in [0.15, 0.2) is 72.8 Å². The maximum atomic E-state index is 3.25. The highest BCUT2D eigenvalue weighted by Crippen LogP contribution is 2.46. The van der Waals surface area contributed by atoms with Gasteiger partial charge in [-0.3, -0.25) is 0 Å². The first kappa shape index (κ1) is 19.7. The fourth-order valence-corrected chi connectivity index (χ4v) is 8.93. The Bertz CT molecular complexity index is 1830. The smallest absolute Gasteiger partial charge is 0.0886 e. The first-order valence-electron chi connectivity index (χ1n) is 10.8. The van der Waals surface area contributed by atoms with Crippen LogP contribution >= 0.6 is 45.3 Å². The van der Waals surface area contributed by atoms with Gasteiger partial charge in [-0.15, -0.1) is 45.3 Å². The first-order valence-corrected chi connectivity index (χ1v) is 14.1. The molecule has 0 spiro atoms. The highest BCUT2D eigenvalue weighted by Gasteiger charge is 2.15. The lowest BCUT2D eigenvalue weighted by atomic mass is 10.1. The molecule has 7 rings (SSSR count). The third-order valence-corrected chi connectivity index (χ3v) is 10.9. The summed E-state index contributed by atoms with van der Waals surface area (Å²) < 4.78 is 5.56. The second-order valence-electron chi connectivity index (χ2n) is 8.27. The molecule has 4 heterocycles. The van der Waals surface area contributed by atoms with Gasteiger partial charge in [-0.05, 0) is 54.4 Å². The van der Waals surface area contributed by atoms with Crippen molar-refractivity contribution in [2.45, 2.75) is 6.92 Å². The van der Waals surface area contributed by atoms with Crippen LogP contribution in [0.3, 0.4) is 0 Å². The van der Waals surface area contributed by atoms with Crippen molar-refractivity contribution in [1.29, 1.82) is 0 Å². The number of anilines is 1. The summed E-state index contributed by atoms with van der Waals surface area (Å²) in [5, 5.41) is 9.92. The van der Waals surface area contributed by atoms with E-state index in [0.29, 0.717) is 0 Å². The zero-order valence-corrected chi connectivity index (χ0v) is 21.3. The molecule has 160 valence electrons. The Morgan fingerprint density at radius 1 is 0.545 bits per heavy atom. The van der Waals surface area contributed by atoms with E-state index < -0.39 is 0 Å². The monoisotopic (exact) mass is 497 g/mol. The van der Waals surface area contributed by atoms with E-state index in [4.69, 9.17) is 0 Å². The maximum absolute atomic E-state index is 3.25. The average Bonchev–Trinajstić information content (AvgIpc) is 3.61. The van der Waals surface area contributed by atoms with E-state index in [-0.39, 0.29) is 0 Å². The lowest BCUT2D eigenvalue weighted by Gasteiger charge is -1.99. The Labute approximate surface area is 207 Å². The van der Waals surface area contributed by atoms with Gasteiger partial charge in [0.1, 0.15) is 0 Å². The molecular weight excluding hydrogens is 479 g/mol. The average molecular weight is 498 g/mol. The molecule has 0 unspecified atom stereocenters. The number of hydrogen-bond donors (Lipinski definition) is 1. The van der Waals surface area contributed by atoms with Crippen molar-refractivity contribution in [3.63, 3.8) is 0 Å². The summed E-state index contributed by atoms with van der Waals surface area (Å²) in [5.41, 5.74) is 2.62. The predicted octanol–water partition coefficient (Wildman–Crippen LogP) is 10.2. The minimum absolute atomic E-state index is 1.20. The molecule has 33 heavy (non-hydrogen) atoms. The zero-order chi connectivity index (χ0) is 22.1. The minimum Gasteiger partial charge on any atom is -0.380 e. The van der Waals surface area contributed by atoms with Gasteiger partial charge >= 0.3 is 0 Å². The standard InChI is InChI=1S/C28H19NS4/c1-15-3-10-22(30-15)16-4-6-18-20-8-9-21-19-7-5-17(23-11-12-26(29-2)31-23)14-25(19)33-28(21)27(20)32-24(18)13-16/h3-14,29H,1-2H3. The van der Waals surface area contributed by atoms with E-state index in [1.54, 1.807) is 11.3 Å². The minimum atomic E-state index is 1.20. The number of nitrogens with one attached hydrogen (secondary N) is 1. The van der Waals surface area contributed by atoms with Crippen LogP contribution in [-0.2, 0) is 0 Å². The van der Waals surface area contributed by atoms with Gasteiger partial charge in [0.2, 0.25) is 0 Å². The third-order valence-electron chi connectivity index (χ3n) is 6.24. The second-order valence-corrected chi connectivity index (χ2v) is 12.7. The van der Waals surface area contributed by atoms with Gasteiger partial charge in [0.25, 0.3) is 0 Å². The Balaban J connectivity index is 1.42. The predicted molar refractivity (Wildman–Crippen MR) is 153 cm³/mol. The van der Waals surface area contributed by atoms with Crippen LogP contribution in [0.25, 0.3) is 61.2 Å². The quantitative estimate of drug-likeness (QED) is 0.256. The molecule has 3 aromatic carbocycles. The normalized spacial score (nSPS) is 11.9. The van der Waals surface area contributed by atoms with E-state index in [2.05, 4.69) is 85.0 Å². The van der Waals surface area contributed by atoms with Crippen LogP contribution in [0.1, 0.15) is 4.88 Å². The Morgan fingerprint density at radius 2 is 1.09 bits per heavy atom. The van der Waals surface area contributed by atoms with Gasteiger partial charge in [-0.25, -0.2) is 0 Å². The number of aryl methyl sites for hydroxylation is 1. The topological polar surface area (TPSA) is 12.0 Å². The molecule has 0 bridgehead atoms. The van der Waals surface area contributed by atoms with E-state index in [1.165, 1.54) is 71.1 Å². The van der Waals surface area contributed by atoms with Crippen molar-refractivity contribution >= 4 is 90.7 Å². The van der Waals surface area contributed by atoms with Gasteiger partial charge in [-0.2, -0.15) is 0 Å². The first-order chi connectivity index (χ1) is 16.2. The molecule has 5 heteroatoms. The molecule has 0 aliphatic heterocycles. The molecule has 0 radical (unpaired) electrons. The van der Waals surface area contributed by atoms with Gasteiger partial charge in [-0.1, -0.05) is 36.4 Å². The van der Waals surface area contributed by atoms with Gasteiger partial charge in [0, 0.05) is 52.6 Å². The SMILES string of the molecule is CNc1ccc(-c2ccc3c(c2)sc2c3ccc3c4ccc(-c5ccc(C)s5)cc4sc32)s1. The number of benzene rings is 3. The molecule has 0 atom stereocenters. The molecule has 4 aromatic heterocycles. The van der Waals surface area contributed by atoms with Gasteiger partial charge in [0.15, 0.2) is 0 Å². The van der Waals surface area contributed by atoms with Crippen LogP contribution in [0.2, 0.25) is 0 Å². The lowest BCUT2D eigenvalue weighted by molar-refractivity contribution is 1.60. The van der Waals surface area contributed by atoms with E-state index in [9.17, 15) is 0 Å². The van der Waals surface area contributed by atoms with Crippen LogP contribution in [0.5, 0.6) is 0 Å². The summed E-state index contributed by atoms with van der Waals surface area (Å²) in [6.45, 7) is 2.17. The van der Waals surface area contributed by atoms with Crippen LogP contribution in [-0.4, -0.2) is 7.05 Å². The number of hydrogen-bond acceptors (Lipinski definition) is 5. The second kappa shape index (κ2) is 7.40. The van der Waals surface area contributed by atoms with Gasteiger partial charge in [0.05, 0.1) is 14.4 Å². The van der Waals surface area contributed by atoms with E-state index >= 15 is 0 Å². The fraction of sp³-hybridized carbons (Fsp3) is 0.0714. The molecule has 1 N–H and O–H groups in total. The number of fused-ring (bicyclic) bond motifs is 7. The van der Waals surface area contributed by atoms with Crippen LogP contribution < -0.4 is 5.32 Å². The maximum Gasteiger partial charge on any atom is 0.0886 e. The molecule has 0 saturated carbocycles. The van der Waals surface area contributed by atoms with Crippen molar-refractivity contribution in [2.75, 3.05) is 12.4 Å². The van der Waals surface area contributed by atoms with Crippen molar-refractivity contribution in [3.05, 3.63) is 77.7 Å². The summed E-state index contributed by atoms with van der Waals surface area (Å²) in [6.07, 6.45) is 0. The highest BCUT2D eigenvalue weighted by molar-refractivity contribution is 7.33. The lowest BCUT2D eigenvalue weighted by Crippen LogP contribution is -1.79. The third kappa shape index (κ3) is 3.07. The molecule has 7 aromatic rings. The number of thiophene rings is 4. The number of rotatable bonds is 3. The van der Waals surface area contributed by atoms with Crippen molar-refractivity contribution < 1.29 is 0 Å². The van der Waals surface area contributed by atoms with Crippen molar-refractivity contribution in [3.8, 4) is 20.9 Å².